The van der Waals surface area contributed by atoms with Crippen molar-refractivity contribution in [1.29, 1.82) is 0 Å². The summed E-state index contributed by atoms with van der Waals surface area (Å²) in [4.78, 5) is 18.4. The topological polar surface area (TPSA) is 57.3 Å². The van der Waals surface area contributed by atoms with E-state index in [0.717, 1.165) is 49.8 Å². The number of nitrogens with one attached hydrogen (secondary N) is 1. The molecule has 0 atom stereocenters. The summed E-state index contributed by atoms with van der Waals surface area (Å²) in [5, 5.41) is 2.19. The van der Waals surface area contributed by atoms with Crippen LogP contribution in [0.15, 0.2) is 36.4 Å². The van der Waals surface area contributed by atoms with Crippen molar-refractivity contribution in [1.82, 2.24) is 14.7 Å². The first kappa shape index (κ1) is 26.4. The molecule has 3 aliphatic rings. The molecule has 7 nitrogen and oxygen atoms in total. The maximum absolute atomic E-state index is 13.1. The van der Waals surface area contributed by atoms with Gasteiger partial charge in [-0.25, -0.2) is 4.79 Å². The largest absolute Gasteiger partial charge is 0.486 e. The van der Waals surface area contributed by atoms with Crippen molar-refractivity contribution in [3.05, 3.63) is 53.1 Å². The van der Waals surface area contributed by atoms with Crippen LogP contribution in [0.4, 0.5) is 36.8 Å². The Morgan fingerprint density at radius 3 is 2.05 bits per heavy atom. The number of likely N-dealkylation sites (tertiary alicyclic amines) is 1. The fraction of sp³-hybridized carbons (Fsp3) is 0.480. The molecule has 0 aromatic heterocycles. The molecule has 0 unspecified atom stereocenters. The van der Waals surface area contributed by atoms with E-state index >= 15 is 0 Å². The van der Waals surface area contributed by atoms with Crippen LogP contribution in [0.3, 0.4) is 0 Å². The van der Waals surface area contributed by atoms with Gasteiger partial charge in [0.2, 0.25) is 0 Å². The van der Waals surface area contributed by atoms with Crippen LogP contribution in [0.1, 0.15) is 16.7 Å². The fourth-order valence-corrected chi connectivity index (χ4v) is 4.81. The molecule has 2 aromatic carbocycles. The number of carbonyl (C=O) groups is 1. The van der Waals surface area contributed by atoms with Gasteiger partial charge in [-0.2, -0.15) is 26.3 Å². The molecule has 0 radical (unpaired) electrons. The van der Waals surface area contributed by atoms with Gasteiger partial charge in [-0.15, -0.1) is 0 Å². The maximum atomic E-state index is 13.1. The molecule has 0 spiro atoms. The van der Waals surface area contributed by atoms with Crippen molar-refractivity contribution >= 4 is 11.7 Å². The molecule has 38 heavy (non-hydrogen) atoms. The van der Waals surface area contributed by atoms with Crippen LogP contribution in [0, 0.1) is 0 Å². The second-order valence-corrected chi connectivity index (χ2v) is 9.57. The third-order valence-electron chi connectivity index (χ3n) is 6.92. The molecule has 3 aliphatic heterocycles. The molecule has 206 valence electrons. The van der Waals surface area contributed by atoms with Gasteiger partial charge in [0.15, 0.2) is 11.5 Å². The summed E-state index contributed by atoms with van der Waals surface area (Å²) in [6, 6.07) is 6.32. The van der Waals surface area contributed by atoms with Crippen molar-refractivity contribution in [2.45, 2.75) is 24.9 Å². The quantitative estimate of drug-likeness (QED) is 0.574. The third-order valence-corrected chi connectivity index (χ3v) is 6.92. The molecule has 2 fully saturated rings. The highest BCUT2D eigenvalue weighted by molar-refractivity contribution is 5.90. The number of piperazine rings is 1. The first-order chi connectivity index (χ1) is 18.0. The molecule has 3 heterocycles. The van der Waals surface area contributed by atoms with Crippen LogP contribution < -0.4 is 14.8 Å². The Balaban J connectivity index is 1.11. The number of amides is 2. The lowest BCUT2D eigenvalue weighted by atomic mass is 10.1. The Bertz CT molecular complexity index is 1140. The van der Waals surface area contributed by atoms with Gasteiger partial charge in [0.1, 0.15) is 13.2 Å². The lowest BCUT2D eigenvalue weighted by Gasteiger charge is -2.48. The number of carbonyl (C=O) groups excluding carboxylic acids is 1. The van der Waals surface area contributed by atoms with E-state index in [0.29, 0.717) is 38.4 Å². The number of anilines is 1. The summed E-state index contributed by atoms with van der Waals surface area (Å²) in [6.07, 6.45) is -9.96. The number of rotatable bonds is 4. The zero-order valence-electron chi connectivity index (χ0n) is 20.2. The van der Waals surface area contributed by atoms with Gasteiger partial charge in [0.25, 0.3) is 0 Å². The minimum atomic E-state index is -4.98. The number of ether oxygens (including phenoxy) is 2. The predicted octanol–water partition coefficient (Wildman–Crippen LogP) is 4.53. The number of hydrogen-bond acceptors (Lipinski definition) is 5. The molecule has 13 heteroatoms. The van der Waals surface area contributed by atoms with Crippen molar-refractivity contribution in [3.8, 4) is 11.5 Å². The average molecular weight is 544 g/mol. The van der Waals surface area contributed by atoms with Crippen LogP contribution in [-0.4, -0.2) is 79.3 Å². The SMILES string of the molecule is O=C(Nc1cc(C(F)(F)F)cc(C(F)(F)F)c1)N1CC(N2CCN(Cc3ccc4c(c3)OCCO4)CC2)C1. The van der Waals surface area contributed by atoms with Gasteiger partial charge in [0, 0.05) is 57.5 Å². The molecule has 1 N–H and O–H groups in total. The lowest BCUT2D eigenvalue weighted by molar-refractivity contribution is -0.143. The summed E-state index contributed by atoms with van der Waals surface area (Å²) >= 11 is 0. The van der Waals surface area contributed by atoms with Crippen molar-refractivity contribution in [3.63, 3.8) is 0 Å². The molecule has 2 saturated heterocycles. The van der Waals surface area contributed by atoms with E-state index in [9.17, 15) is 31.1 Å². The standard InChI is InChI=1S/C25H26F6N4O3/c26-24(27,28)17-10-18(25(29,30)31)12-19(11-17)32-23(36)35-14-20(15-35)34-5-3-33(4-6-34)13-16-1-2-21-22(9-16)38-8-7-37-21/h1-2,9-12,20H,3-8,13-15H2,(H,32,36). The molecule has 0 aliphatic carbocycles. The van der Waals surface area contributed by atoms with Crippen molar-refractivity contribution in [2.75, 3.05) is 57.8 Å². The van der Waals surface area contributed by atoms with E-state index in [-0.39, 0.29) is 12.1 Å². The molecule has 0 saturated carbocycles. The summed E-state index contributed by atoms with van der Waals surface area (Å²) in [5.74, 6) is 1.50. The summed E-state index contributed by atoms with van der Waals surface area (Å²) in [6.45, 7) is 5.74. The Kier molecular flexibility index (Phi) is 7.07. The highest BCUT2D eigenvalue weighted by Gasteiger charge is 2.39. The number of halogens is 6. The minimum Gasteiger partial charge on any atom is -0.486 e. The van der Waals surface area contributed by atoms with E-state index in [1.807, 2.05) is 18.2 Å². The predicted molar refractivity (Wildman–Crippen MR) is 125 cm³/mol. The van der Waals surface area contributed by atoms with E-state index in [1.165, 1.54) is 4.90 Å². The van der Waals surface area contributed by atoms with Gasteiger partial charge in [-0.3, -0.25) is 9.80 Å². The van der Waals surface area contributed by atoms with Gasteiger partial charge in [0.05, 0.1) is 11.1 Å². The Hall–Kier alpha value is -3.19. The van der Waals surface area contributed by atoms with Crippen molar-refractivity contribution < 1.29 is 40.6 Å². The lowest BCUT2D eigenvalue weighted by Crippen LogP contribution is -2.64. The Morgan fingerprint density at radius 1 is 0.842 bits per heavy atom. The second-order valence-electron chi connectivity index (χ2n) is 9.57. The number of urea groups is 1. The highest BCUT2D eigenvalue weighted by Crippen LogP contribution is 2.38. The van der Waals surface area contributed by atoms with Crippen LogP contribution in [0.5, 0.6) is 11.5 Å². The monoisotopic (exact) mass is 544 g/mol. The first-order valence-corrected chi connectivity index (χ1v) is 12.2. The summed E-state index contributed by atoms with van der Waals surface area (Å²) < 4.78 is 89.6. The molecule has 0 bridgehead atoms. The van der Waals surface area contributed by atoms with E-state index in [4.69, 9.17) is 9.47 Å². The number of benzene rings is 2. The molecule has 5 rings (SSSR count). The Labute approximate surface area is 214 Å². The van der Waals surface area contributed by atoms with Crippen LogP contribution in [0.25, 0.3) is 0 Å². The average Bonchev–Trinajstić information content (AvgIpc) is 2.83. The molecular formula is C25H26F6N4O3. The van der Waals surface area contributed by atoms with E-state index in [2.05, 4.69) is 15.1 Å². The van der Waals surface area contributed by atoms with Gasteiger partial charge in [-0.1, -0.05) is 6.07 Å². The van der Waals surface area contributed by atoms with Gasteiger partial charge >= 0.3 is 18.4 Å². The van der Waals surface area contributed by atoms with Crippen molar-refractivity contribution in [2.24, 2.45) is 0 Å². The number of nitrogens with zero attached hydrogens (tertiary/aromatic N) is 3. The maximum Gasteiger partial charge on any atom is 0.416 e. The van der Waals surface area contributed by atoms with E-state index in [1.54, 1.807) is 0 Å². The zero-order chi connectivity index (χ0) is 27.1. The van der Waals surface area contributed by atoms with Gasteiger partial charge < -0.3 is 19.7 Å². The fourth-order valence-electron chi connectivity index (χ4n) is 4.81. The smallest absolute Gasteiger partial charge is 0.416 e. The summed E-state index contributed by atoms with van der Waals surface area (Å²) in [5.41, 5.74) is -2.37. The van der Waals surface area contributed by atoms with Crippen LogP contribution in [0.2, 0.25) is 0 Å². The third kappa shape index (κ3) is 5.93. The van der Waals surface area contributed by atoms with E-state index < -0.39 is 35.2 Å². The van der Waals surface area contributed by atoms with Gasteiger partial charge in [-0.05, 0) is 35.9 Å². The molecule has 2 amide bonds. The summed E-state index contributed by atoms with van der Waals surface area (Å²) in [7, 11) is 0. The molecule has 2 aromatic rings. The van der Waals surface area contributed by atoms with Crippen LogP contribution in [-0.2, 0) is 18.9 Å². The second kappa shape index (κ2) is 10.2. The molecular weight excluding hydrogens is 518 g/mol. The normalized spacial score (nSPS) is 19.3. The number of hydrogen-bond donors (Lipinski definition) is 1. The highest BCUT2D eigenvalue weighted by atomic mass is 19.4. The Morgan fingerprint density at radius 2 is 1.45 bits per heavy atom. The minimum absolute atomic E-state index is 0.0305. The number of fused-ring (bicyclic) bond motifs is 1. The van der Waals surface area contributed by atoms with Crippen LogP contribution >= 0.6 is 0 Å². The zero-order valence-corrected chi connectivity index (χ0v) is 20.2. The number of alkyl halides is 6. The first-order valence-electron chi connectivity index (χ1n) is 12.2.